The van der Waals surface area contributed by atoms with Gasteiger partial charge in [-0.05, 0) is 76.7 Å². The fourth-order valence-corrected chi connectivity index (χ4v) is 3.99. The zero-order valence-corrected chi connectivity index (χ0v) is 16.0. The summed E-state index contributed by atoms with van der Waals surface area (Å²) in [5.74, 6) is 0.744. The fourth-order valence-electron chi connectivity index (χ4n) is 3.99. The SMILES string of the molecule is CN1CCC(NCC2CCC(NC(=O)OCc3ccccc3)CC2)CC1. The zero-order chi connectivity index (χ0) is 18.2. The highest BCUT2D eigenvalue weighted by Gasteiger charge is 2.24. The molecule has 26 heavy (non-hydrogen) atoms. The summed E-state index contributed by atoms with van der Waals surface area (Å²) in [4.78, 5) is 14.4. The van der Waals surface area contributed by atoms with Crippen LogP contribution in [0.15, 0.2) is 30.3 Å². The molecule has 2 aliphatic rings. The molecule has 2 N–H and O–H groups in total. The number of rotatable bonds is 6. The molecule has 5 heteroatoms. The van der Waals surface area contributed by atoms with Crippen LogP contribution in [0.5, 0.6) is 0 Å². The molecule has 0 bridgehead atoms. The van der Waals surface area contributed by atoms with Crippen molar-refractivity contribution < 1.29 is 9.53 Å². The summed E-state index contributed by atoms with van der Waals surface area (Å²) in [5.41, 5.74) is 1.02. The Morgan fingerprint density at radius 2 is 1.73 bits per heavy atom. The lowest BCUT2D eigenvalue weighted by Crippen LogP contribution is -2.44. The van der Waals surface area contributed by atoms with E-state index in [0.717, 1.165) is 30.9 Å². The van der Waals surface area contributed by atoms with Gasteiger partial charge < -0.3 is 20.3 Å². The van der Waals surface area contributed by atoms with Gasteiger partial charge in [0.05, 0.1) is 0 Å². The molecule has 0 atom stereocenters. The summed E-state index contributed by atoms with van der Waals surface area (Å²) in [6.07, 6.45) is 6.72. The maximum Gasteiger partial charge on any atom is 0.407 e. The van der Waals surface area contributed by atoms with Gasteiger partial charge in [-0.3, -0.25) is 0 Å². The first-order valence-electron chi connectivity index (χ1n) is 10.1. The van der Waals surface area contributed by atoms with Crippen molar-refractivity contribution in [3.63, 3.8) is 0 Å². The lowest BCUT2D eigenvalue weighted by atomic mass is 9.85. The normalized spacial score (nSPS) is 25.0. The highest BCUT2D eigenvalue weighted by Crippen LogP contribution is 2.24. The van der Waals surface area contributed by atoms with Crippen LogP contribution in [-0.4, -0.2) is 49.8 Å². The van der Waals surface area contributed by atoms with E-state index < -0.39 is 0 Å². The third-order valence-corrected chi connectivity index (χ3v) is 5.80. The third-order valence-electron chi connectivity index (χ3n) is 5.80. The molecule has 5 nitrogen and oxygen atoms in total. The van der Waals surface area contributed by atoms with Crippen LogP contribution < -0.4 is 10.6 Å². The Morgan fingerprint density at radius 1 is 1.04 bits per heavy atom. The molecule has 1 saturated heterocycles. The molecule has 1 aromatic carbocycles. The molecule has 0 aromatic heterocycles. The smallest absolute Gasteiger partial charge is 0.407 e. The quantitative estimate of drug-likeness (QED) is 0.819. The second-order valence-electron chi connectivity index (χ2n) is 7.91. The molecular weight excluding hydrogens is 326 g/mol. The second-order valence-corrected chi connectivity index (χ2v) is 7.91. The average molecular weight is 360 g/mol. The monoisotopic (exact) mass is 359 g/mol. The van der Waals surface area contributed by atoms with Crippen molar-refractivity contribution in [2.75, 3.05) is 26.7 Å². The minimum atomic E-state index is -0.290. The van der Waals surface area contributed by atoms with Gasteiger partial charge in [0.15, 0.2) is 0 Å². The van der Waals surface area contributed by atoms with Crippen molar-refractivity contribution in [1.29, 1.82) is 0 Å². The Kier molecular flexibility index (Phi) is 7.32. The number of alkyl carbamates (subject to hydrolysis) is 1. The first kappa shape index (κ1) is 19.2. The van der Waals surface area contributed by atoms with E-state index >= 15 is 0 Å². The maximum absolute atomic E-state index is 12.0. The Bertz CT molecular complexity index is 535. The van der Waals surface area contributed by atoms with Crippen LogP contribution in [-0.2, 0) is 11.3 Å². The molecule has 3 rings (SSSR count). The molecule has 1 amide bonds. The fraction of sp³-hybridized carbons (Fsp3) is 0.667. The standard InChI is InChI=1S/C21H33N3O2/c1-24-13-11-19(12-14-24)22-15-17-7-9-20(10-8-17)23-21(25)26-16-18-5-3-2-4-6-18/h2-6,17,19-20,22H,7-16H2,1H3,(H,23,25). The molecule has 0 unspecified atom stereocenters. The number of carbonyl (C=O) groups is 1. The molecule has 0 spiro atoms. The van der Waals surface area contributed by atoms with Crippen molar-refractivity contribution in [2.45, 2.75) is 57.2 Å². The summed E-state index contributed by atoms with van der Waals surface area (Å²) in [6.45, 7) is 3.88. The van der Waals surface area contributed by atoms with E-state index in [0.29, 0.717) is 12.6 Å². The van der Waals surface area contributed by atoms with Gasteiger partial charge in [0, 0.05) is 12.1 Å². The Labute approximate surface area is 157 Å². The van der Waals surface area contributed by atoms with E-state index in [1.807, 2.05) is 30.3 Å². The Balaban J connectivity index is 1.28. The highest BCUT2D eigenvalue weighted by molar-refractivity contribution is 5.67. The van der Waals surface area contributed by atoms with Crippen molar-refractivity contribution in [3.8, 4) is 0 Å². The summed E-state index contributed by atoms with van der Waals surface area (Å²) < 4.78 is 5.33. The number of amides is 1. The predicted octanol–water partition coefficient (Wildman–Crippen LogP) is 3.16. The largest absolute Gasteiger partial charge is 0.445 e. The van der Waals surface area contributed by atoms with E-state index in [-0.39, 0.29) is 12.1 Å². The van der Waals surface area contributed by atoms with E-state index in [9.17, 15) is 4.79 Å². The van der Waals surface area contributed by atoms with E-state index in [1.54, 1.807) is 0 Å². The van der Waals surface area contributed by atoms with E-state index in [1.165, 1.54) is 38.8 Å². The molecule has 1 heterocycles. The number of hydrogen-bond donors (Lipinski definition) is 2. The van der Waals surface area contributed by atoms with Crippen molar-refractivity contribution in [2.24, 2.45) is 5.92 Å². The molecule has 1 aliphatic heterocycles. The molecule has 0 radical (unpaired) electrons. The Morgan fingerprint density at radius 3 is 2.42 bits per heavy atom. The summed E-state index contributed by atoms with van der Waals surface area (Å²) in [5, 5.41) is 6.80. The van der Waals surface area contributed by atoms with Gasteiger partial charge in [-0.25, -0.2) is 4.79 Å². The first-order chi connectivity index (χ1) is 12.7. The lowest BCUT2D eigenvalue weighted by molar-refractivity contribution is 0.130. The van der Waals surface area contributed by atoms with Crippen molar-refractivity contribution in [1.82, 2.24) is 15.5 Å². The van der Waals surface area contributed by atoms with Crippen LogP contribution in [0.25, 0.3) is 0 Å². The van der Waals surface area contributed by atoms with Crippen LogP contribution in [0.3, 0.4) is 0 Å². The lowest BCUT2D eigenvalue weighted by Gasteiger charge is -2.33. The van der Waals surface area contributed by atoms with Gasteiger partial charge in [-0.1, -0.05) is 30.3 Å². The van der Waals surface area contributed by atoms with Crippen molar-refractivity contribution in [3.05, 3.63) is 35.9 Å². The van der Waals surface area contributed by atoms with Gasteiger partial charge in [0.25, 0.3) is 0 Å². The number of hydrogen-bond acceptors (Lipinski definition) is 4. The number of nitrogens with zero attached hydrogens (tertiary/aromatic N) is 1. The van der Waals surface area contributed by atoms with Gasteiger partial charge in [0.2, 0.25) is 0 Å². The van der Waals surface area contributed by atoms with Crippen LogP contribution in [0, 0.1) is 5.92 Å². The summed E-state index contributed by atoms with van der Waals surface area (Å²) in [7, 11) is 2.20. The number of nitrogens with one attached hydrogen (secondary N) is 2. The second kappa shape index (κ2) is 9.93. The van der Waals surface area contributed by atoms with Gasteiger partial charge >= 0.3 is 6.09 Å². The number of carbonyl (C=O) groups excluding carboxylic acids is 1. The van der Waals surface area contributed by atoms with E-state index in [4.69, 9.17) is 4.74 Å². The van der Waals surface area contributed by atoms with Crippen LogP contribution in [0.1, 0.15) is 44.1 Å². The molecule has 1 aromatic rings. The van der Waals surface area contributed by atoms with Gasteiger partial charge in [0.1, 0.15) is 6.61 Å². The van der Waals surface area contributed by atoms with E-state index in [2.05, 4.69) is 22.6 Å². The van der Waals surface area contributed by atoms with Crippen LogP contribution in [0.2, 0.25) is 0 Å². The van der Waals surface area contributed by atoms with Crippen LogP contribution in [0.4, 0.5) is 4.79 Å². The van der Waals surface area contributed by atoms with Gasteiger partial charge in [-0.15, -0.1) is 0 Å². The van der Waals surface area contributed by atoms with Crippen molar-refractivity contribution >= 4 is 6.09 Å². The molecular formula is C21H33N3O2. The average Bonchev–Trinajstić information content (AvgIpc) is 2.68. The first-order valence-corrected chi connectivity index (χ1v) is 10.1. The van der Waals surface area contributed by atoms with Crippen LogP contribution >= 0.6 is 0 Å². The predicted molar refractivity (Wildman–Crippen MR) is 104 cm³/mol. The zero-order valence-electron chi connectivity index (χ0n) is 16.0. The minimum Gasteiger partial charge on any atom is -0.445 e. The maximum atomic E-state index is 12.0. The summed E-state index contributed by atoms with van der Waals surface area (Å²) >= 11 is 0. The molecule has 1 saturated carbocycles. The van der Waals surface area contributed by atoms with Gasteiger partial charge in [-0.2, -0.15) is 0 Å². The number of piperidine rings is 1. The highest BCUT2D eigenvalue weighted by atomic mass is 16.5. The molecule has 2 fully saturated rings. The summed E-state index contributed by atoms with van der Waals surface area (Å²) in [6, 6.07) is 10.8. The number of benzene rings is 1. The minimum absolute atomic E-state index is 0.262. The topological polar surface area (TPSA) is 53.6 Å². The third kappa shape index (κ3) is 6.29. The number of ether oxygens (including phenoxy) is 1. The number of likely N-dealkylation sites (tertiary alicyclic amines) is 1. The Hall–Kier alpha value is -1.59. The molecule has 144 valence electrons. The molecule has 1 aliphatic carbocycles.